The van der Waals surface area contributed by atoms with E-state index in [9.17, 15) is 5.11 Å². The van der Waals surface area contributed by atoms with Crippen LogP contribution in [0.1, 0.15) is 30.7 Å². The van der Waals surface area contributed by atoms with Crippen LogP contribution in [0.2, 0.25) is 0 Å². The monoisotopic (exact) mass is 473 g/mol. The molecule has 7 heteroatoms. The maximum atomic E-state index is 10.5. The van der Waals surface area contributed by atoms with Crippen molar-refractivity contribution in [2.75, 3.05) is 20.2 Å². The molecule has 0 radical (unpaired) electrons. The van der Waals surface area contributed by atoms with Crippen molar-refractivity contribution < 1.29 is 14.3 Å². The molecule has 1 aromatic heterocycles. The Morgan fingerprint density at radius 3 is 2.69 bits per heavy atom. The number of furan rings is 1. The van der Waals surface area contributed by atoms with Gasteiger partial charge in [-0.05, 0) is 44.5 Å². The zero-order chi connectivity index (χ0) is 18.3. The molecule has 0 saturated carbocycles. The van der Waals surface area contributed by atoms with Gasteiger partial charge in [-0.1, -0.05) is 12.1 Å². The lowest BCUT2D eigenvalue weighted by molar-refractivity contribution is 0.0386. The molecule has 0 amide bonds. The highest BCUT2D eigenvalue weighted by Crippen LogP contribution is 2.21. The van der Waals surface area contributed by atoms with Gasteiger partial charge in [-0.15, -0.1) is 24.0 Å². The predicted octanol–water partition coefficient (Wildman–Crippen LogP) is 3.18. The lowest BCUT2D eigenvalue weighted by Crippen LogP contribution is -2.44. The number of guanidine groups is 1. The van der Waals surface area contributed by atoms with Crippen molar-refractivity contribution in [3.8, 4) is 5.75 Å². The summed E-state index contributed by atoms with van der Waals surface area (Å²) >= 11 is 0. The fraction of sp³-hybridized carbons (Fsp3) is 0.421. The number of rotatable bonds is 7. The van der Waals surface area contributed by atoms with Crippen LogP contribution in [-0.2, 0) is 12.1 Å². The minimum absolute atomic E-state index is 0. The van der Waals surface area contributed by atoms with Gasteiger partial charge in [0.05, 0.1) is 26.5 Å². The highest BCUT2D eigenvalue weighted by Gasteiger charge is 2.26. The van der Waals surface area contributed by atoms with Crippen molar-refractivity contribution >= 4 is 29.9 Å². The number of halogens is 1. The van der Waals surface area contributed by atoms with Crippen LogP contribution in [-0.4, -0.2) is 31.3 Å². The van der Waals surface area contributed by atoms with Gasteiger partial charge in [-0.2, -0.15) is 0 Å². The van der Waals surface area contributed by atoms with E-state index in [0.29, 0.717) is 18.3 Å². The first-order chi connectivity index (χ1) is 12.0. The minimum atomic E-state index is -1.12. The molecule has 6 nitrogen and oxygen atoms in total. The SMILES string of the molecule is CCNC(=NCc1ccc(C)cc1OC)NCC(C)(O)c1ccco1.I. The van der Waals surface area contributed by atoms with Crippen LogP contribution in [0, 0.1) is 6.92 Å². The molecule has 0 aliphatic carbocycles. The number of nitrogens with zero attached hydrogens (tertiary/aromatic N) is 1. The minimum Gasteiger partial charge on any atom is -0.496 e. The van der Waals surface area contributed by atoms with E-state index in [4.69, 9.17) is 9.15 Å². The summed E-state index contributed by atoms with van der Waals surface area (Å²) in [6, 6.07) is 9.55. The van der Waals surface area contributed by atoms with Crippen LogP contribution >= 0.6 is 24.0 Å². The van der Waals surface area contributed by atoms with Gasteiger partial charge in [0, 0.05) is 12.1 Å². The maximum absolute atomic E-state index is 10.5. The van der Waals surface area contributed by atoms with Crippen LogP contribution in [0.3, 0.4) is 0 Å². The number of benzene rings is 1. The molecule has 0 aliphatic rings. The van der Waals surface area contributed by atoms with Gasteiger partial charge in [0.15, 0.2) is 5.96 Å². The number of hydrogen-bond acceptors (Lipinski definition) is 4. The van der Waals surface area contributed by atoms with Crippen molar-refractivity contribution in [1.29, 1.82) is 0 Å². The van der Waals surface area contributed by atoms with Gasteiger partial charge in [0.2, 0.25) is 0 Å². The van der Waals surface area contributed by atoms with E-state index >= 15 is 0 Å². The lowest BCUT2D eigenvalue weighted by atomic mass is 10.0. The molecule has 2 rings (SSSR count). The molecule has 1 atom stereocenters. The molecule has 2 aromatic rings. The van der Waals surface area contributed by atoms with Crippen molar-refractivity contribution in [1.82, 2.24) is 10.6 Å². The largest absolute Gasteiger partial charge is 0.496 e. The van der Waals surface area contributed by atoms with Crippen LogP contribution in [0.5, 0.6) is 5.75 Å². The second kappa shape index (κ2) is 10.4. The van der Waals surface area contributed by atoms with Crippen molar-refractivity contribution in [3.63, 3.8) is 0 Å². The van der Waals surface area contributed by atoms with E-state index in [1.54, 1.807) is 32.4 Å². The van der Waals surface area contributed by atoms with Gasteiger partial charge in [0.1, 0.15) is 17.1 Å². The first-order valence-corrected chi connectivity index (χ1v) is 8.38. The molecule has 0 fully saturated rings. The summed E-state index contributed by atoms with van der Waals surface area (Å²) in [6.45, 7) is 7.19. The number of nitrogens with one attached hydrogen (secondary N) is 2. The highest BCUT2D eigenvalue weighted by molar-refractivity contribution is 14.0. The van der Waals surface area contributed by atoms with Crippen LogP contribution in [0.4, 0.5) is 0 Å². The topological polar surface area (TPSA) is 79.0 Å². The highest BCUT2D eigenvalue weighted by atomic mass is 127. The zero-order valence-electron chi connectivity index (χ0n) is 15.7. The van der Waals surface area contributed by atoms with E-state index in [1.807, 2.05) is 32.0 Å². The molecule has 26 heavy (non-hydrogen) atoms. The summed E-state index contributed by atoms with van der Waals surface area (Å²) in [5, 5.41) is 16.9. The third kappa shape index (κ3) is 6.21. The molecule has 0 saturated heterocycles. The fourth-order valence-electron chi connectivity index (χ4n) is 2.42. The summed E-state index contributed by atoms with van der Waals surface area (Å²) < 4.78 is 10.7. The van der Waals surface area contributed by atoms with E-state index in [-0.39, 0.29) is 30.5 Å². The molecular weight excluding hydrogens is 445 g/mol. The maximum Gasteiger partial charge on any atom is 0.191 e. The Balaban J connectivity index is 0.00000338. The van der Waals surface area contributed by atoms with Gasteiger partial charge >= 0.3 is 0 Å². The third-order valence-corrected chi connectivity index (χ3v) is 3.85. The quantitative estimate of drug-likeness (QED) is 0.327. The van der Waals surface area contributed by atoms with E-state index in [2.05, 4.69) is 15.6 Å². The second-order valence-corrected chi connectivity index (χ2v) is 6.12. The van der Waals surface area contributed by atoms with E-state index in [0.717, 1.165) is 23.4 Å². The number of hydrogen-bond donors (Lipinski definition) is 3. The summed E-state index contributed by atoms with van der Waals surface area (Å²) in [4.78, 5) is 4.58. The average Bonchev–Trinajstić information content (AvgIpc) is 3.13. The molecule has 1 unspecified atom stereocenters. The Labute approximate surface area is 172 Å². The molecule has 1 heterocycles. The molecular formula is C19H28IN3O3. The van der Waals surface area contributed by atoms with Crippen LogP contribution in [0.15, 0.2) is 46.0 Å². The number of methoxy groups -OCH3 is 1. The van der Waals surface area contributed by atoms with Gasteiger partial charge in [-0.3, -0.25) is 0 Å². The number of aliphatic hydroxyl groups is 1. The van der Waals surface area contributed by atoms with Gasteiger partial charge in [0.25, 0.3) is 0 Å². The number of aliphatic imine (C=N–C) groups is 1. The normalized spacial score (nSPS) is 13.5. The van der Waals surface area contributed by atoms with Crippen molar-refractivity contribution in [2.24, 2.45) is 4.99 Å². The Bertz CT molecular complexity index is 700. The Kier molecular flexibility index (Phi) is 8.94. The van der Waals surface area contributed by atoms with E-state index in [1.165, 1.54) is 0 Å². The molecule has 144 valence electrons. The van der Waals surface area contributed by atoms with Crippen LogP contribution < -0.4 is 15.4 Å². The Morgan fingerprint density at radius 1 is 1.31 bits per heavy atom. The number of ether oxygens (including phenoxy) is 1. The smallest absolute Gasteiger partial charge is 0.191 e. The molecule has 1 aromatic carbocycles. The standard InChI is InChI=1S/C19H27N3O3.HI/c1-5-20-18(22-13-19(3,23)17-7-6-10-25-17)21-12-15-9-8-14(2)11-16(15)24-4;/h6-11,23H,5,12-13H2,1-4H3,(H2,20,21,22);1H. The van der Waals surface area contributed by atoms with Crippen molar-refractivity contribution in [2.45, 2.75) is 32.9 Å². The molecule has 3 N–H and O–H groups in total. The Hall–Kier alpha value is -1.74. The fourth-order valence-corrected chi connectivity index (χ4v) is 2.42. The average molecular weight is 473 g/mol. The van der Waals surface area contributed by atoms with Gasteiger partial charge < -0.3 is 24.9 Å². The van der Waals surface area contributed by atoms with Gasteiger partial charge in [-0.25, -0.2) is 4.99 Å². The molecule has 0 aliphatic heterocycles. The third-order valence-electron chi connectivity index (χ3n) is 3.85. The van der Waals surface area contributed by atoms with Crippen LogP contribution in [0.25, 0.3) is 0 Å². The predicted molar refractivity (Wildman–Crippen MR) is 114 cm³/mol. The summed E-state index contributed by atoms with van der Waals surface area (Å²) in [5.74, 6) is 1.95. The summed E-state index contributed by atoms with van der Waals surface area (Å²) in [6.07, 6.45) is 1.55. The van der Waals surface area contributed by atoms with Crippen molar-refractivity contribution in [3.05, 3.63) is 53.5 Å². The first-order valence-electron chi connectivity index (χ1n) is 8.38. The summed E-state index contributed by atoms with van der Waals surface area (Å²) in [7, 11) is 1.66. The molecule has 0 bridgehead atoms. The Morgan fingerprint density at radius 2 is 2.08 bits per heavy atom. The number of aryl methyl sites for hydroxylation is 1. The first kappa shape index (κ1) is 22.3. The van der Waals surface area contributed by atoms with E-state index < -0.39 is 5.60 Å². The molecule has 0 spiro atoms. The lowest BCUT2D eigenvalue weighted by Gasteiger charge is -2.22. The zero-order valence-corrected chi connectivity index (χ0v) is 18.0. The second-order valence-electron chi connectivity index (χ2n) is 6.12. The summed E-state index contributed by atoms with van der Waals surface area (Å²) in [5.41, 5.74) is 1.02.